The summed E-state index contributed by atoms with van der Waals surface area (Å²) in [6.07, 6.45) is 1.33. The molecule has 1 saturated heterocycles. The molecular formula is C10H13N5O4. The third-order valence-corrected chi connectivity index (χ3v) is 2.91. The molecule has 0 amide bonds. The molecule has 2 heterocycles. The molecule has 0 spiro atoms. The normalized spacial score (nSPS) is 19.7. The Kier molecular flexibility index (Phi) is 3.47. The third-order valence-electron chi connectivity index (χ3n) is 2.91. The molecule has 2 rings (SSSR count). The van der Waals surface area contributed by atoms with Gasteiger partial charge in [-0.25, -0.2) is 4.98 Å². The van der Waals surface area contributed by atoms with Crippen molar-refractivity contribution in [1.29, 1.82) is 0 Å². The quantitative estimate of drug-likeness (QED) is 0.224. The molecule has 1 fully saturated rings. The molecule has 0 aromatic carbocycles. The maximum absolute atomic E-state index is 11.1. The topological polar surface area (TPSA) is 138 Å². The number of nitrogens with two attached hydrogens (primary N) is 1. The van der Waals surface area contributed by atoms with Gasteiger partial charge in [-0.3, -0.25) is 10.1 Å². The van der Waals surface area contributed by atoms with E-state index in [0.717, 1.165) is 0 Å². The van der Waals surface area contributed by atoms with Crippen molar-refractivity contribution >= 4 is 17.3 Å². The Morgan fingerprint density at radius 3 is 2.95 bits per heavy atom. The number of aliphatic hydroxyl groups excluding tert-OH is 1. The van der Waals surface area contributed by atoms with Gasteiger partial charge in [-0.05, 0) is 6.42 Å². The second-order valence-corrected chi connectivity index (χ2v) is 4.20. The fraction of sp³-hybridized carbons (Fsp3) is 0.400. The van der Waals surface area contributed by atoms with Crippen molar-refractivity contribution in [3.8, 4) is 0 Å². The summed E-state index contributed by atoms with van der Waals surface area (Å²) in [6.45, 7) is 0.800. The second kappa shape index (κ2) is 5.06. The Morgan fingerprint density at radius 1 is 1.68 bits per heavy atom. The first-order valence-electron chi connectivity index (χ1n) is 5.58. The summed E-state index contributed by atoms with van der Waals surface area (Å²) < 4.78 is 0. The Hall–Kier alpha value is -2.42. The molecule has 0 aliphatic carbocycles. The van der Waals surface area contributed by atoms with Crippen LogP contribution in [-0.4, -0.2) is 45.3 Å². The molecule has 1 aliphatic rings. The summed E-state index contributed by atoms with van der Waals surface area (Å²) in [5.74, 6) is -0.0698. The van der Waals surface area contributed by atoms with Crippen molar-refractivity contribution in [2.45, 2.75) is 12.5 Å². The molecule has 19 heavy (non-hydrogen) atoms. The Balaban J connectivity index is 2.41. The van der Waals surface area contributed by atoms with Crippen molar-refractivity contribution in [3.63, 3.8) is 0 Å². The molecule has 1 aromatic heterocycles. The Morgan fingerprint density at radius 2 is 2.42 bits per heavy atom. The van der Waals surface area contributed by atoms with Crippen molar-refractivity contribution in [2.75, 3.05) is 18.0 Å². The van der Waals surface area contributed by atoms with Gasteiger partial charge in [0.05, 0.1) is 11.0 Å². The highest BCUT2D eigenvalue weighted by atomic mass is 16.6. The molecule has 1 atom stereocenters. The minimum Gasteiger partial charge on any atom is -0.409 e. The van der Waals surface area contributed by atoms with Crippen LogP contribution < -0.4 is 10.6 Å². The van der Waals surface area contributed by atoms with Gasteiger partial charge in [-0.2, -0.15) is 0 Å². The lowest BCUT2D eigenvalue weighted by Gasteiger charge is -2.16. The first-order valence-corrected chi connectivity index (χ1v) is 5.58. The summed E-state index contributed by atoms with van der Waals surface area (Å²) in [5, 5.41) is 31.8. The van der Waals surface area contributed by atoms with Crippen LogP contribution in [0, 0.1) is 10.1 Å². The lowest BCUT2D eigenvalue weighted by atomic mass is 10.2. The molecule has 9 heteroatoms. The van der Waals surface area contributed by atoms with E-state index in [1.54, 1.807) is 4.90 Å². The summed E-state index contributed by atoms with van der Waals surface area (Å²) >= 11 is 0. The molecule has 1 aromatic rings. The molecule has 9 nitrogen and oxygen atoms in total. The van der Waals surface area contributed by atoms with E-state index in [-0.39, 0.29) is 22.9 Å². The Bertz CT molecular complexity index is 533. The lowest BCUT2D eigenvalue weighted by Crippen LogP contribution is -2.24. The van der Waals surface area contributed by atoms with Gasteiger partial charge in [-0.15, -0.1) is 0 Å². The SMILES string of the molecule is NC(=NO)c1cnc(N2CCC(O)C2)c([N+](=O)[O-])c1. The van der Waals surface area contributed by atoms with Crippen LogP contribution in [0.4, 0.5) is 11.5 Å². The van der Waals surface area contributed by atoms with Gasteiger partial charge >= 0.3 is 5.69 Å². The predicted molar refractivity (Wildman–Crippen MR) is 66.2 cm³/mol. The zero-order valence-electron chi connectivity index (χ0n) is 9.93. The van der Waals surface area contributed by atoms with E-state index < -0.39 is 11.0 Å². The minimum absolute atomic E-state index is 0.165. The summed E-state index contributed by atoms with van der Waals surface area (Å²) in [5.41, 5.74) is 5.30. The number of rotatable bonds is 3. The average molecular weight is 267 g/mol. The predicted octanol–water partition coefficient (Wildman–Crippen LogP) is -0.345. The fourth-order valence-corrected chi connectivity index (χ4v) is 1.96. The molecule has 1 aliphatic heterocycles. The number of oxime groups is 1. The average Bonchev–Trinajstić information content (AvgIpc) is 2.83. The standard InChI is InChI=1S/C10H13N5O4/c11-9(13-17)6-3-8(15(18)19)10(12-4-6)14-2-1-7(16)5-14/h3-4,7,16-17H,1-2,5H2,(H2,11,13). The maximum Gasteiger partial charge on any atom is 0.312 e. The molecule has 0 radical (unpaired) electrons. The number of hydrogen-bond acceptors (Lipinski definition) is 7. The van der Waals surface area contributed by atoms with Crippen LogP contribution in [0.2, 0.25) is 0 Å². The molecular weight excluding hydrogens is 254 g/mol. The van der Waals surface area contributed by atoms with Gasteiger partial charge in [0.2, 0.25) is 5.82 Å². The highest BCUT2D eigenvalue weighted by molar-refractivity contribution is 5.97. The number of hydrogen-bond donors (Lipinski definition) is 3. The van der Waals surface area contributed by atoms with Crippen molar-refractivity contribution < 1.29 is 15.2 Å². The molecule has 102 valence electrons. The molecule has 4 N–H and O–H groups in total. The van der Waals surface area contributed by atoms with E-state index in [1.807, 2.05) is 0 Å². The van der Waals surface area contributed by atoms with Crippen LogP contribution in [0.1, 0.15) is 12.0 Å². The molecule has 0 saturated carbocycles. The highest BCUT2D eigenvalue weighted by Crippen LogP contribution is 2.29. The maximum atomic E-state index is 11.1. The van der Waals surface area contributed by atoms with E-state index in [2.05, 4.69) is 10.1 Å². The van der Waals surface area contributed by atoms with E-state index in [0.29, 0.717) is 19.5 Å². The van der Waals surface area contributed by atoms with Gasteiger partial charge < -0.3 is 20.9 Å². The number of anilines is 1. The van der Waals surface area contributed by atoms with Crippen LogP contribution in [0.3, 0.4) is 0 Å². The van der Waals surface area contributed by atoms with Gasteiger partial charge in [0.1, 0.15) is 0 Å². The van der Waals surface area contributed by atoms with Gasteiger partial charge in [-0.1, -0.05) is 5.16 Å². The first-order chi connectivity index (χ1) is 9.02. The third kappa shape index (κ3) is 2.55. The number of pyridine rings is 1. The number of nitro groups is 1. The Labute approximate surface area is 108 Å². The first kappa shape index (κ1) is 13.0. The summed E-state index contributed by atoms with van der Waals surface area (Å²) in [6, 6.07) is 1.20. The van der Waals surface area contributed by atoms with E-state index in [4.69, 9.17) is 10.9 Å². The van der Waals surface area contributed by atoms with Crippen molar-refractivity contribution in [1.82, 2.24) is 4.98 Å². The van der Waals surface area contributed by atoms with Crippen LogP contribution >= 0.6 is 0 Å². The smallest absolute Gasteiger partial charge is 0.312 e. The van der Waals surface area contributed by atoms with Gasteiger partial charge in [0.15, 0.2) is 5.84 Å². The molecule has 1 unspecified atom stereocenters. The zero-order chi connectivity index (χ0) is 14.0. The number of nitrogens with zero attached hydrogens (tertiary/aromatic N) is 4. The number of β-amino-alcohol motifs (C(OH)–C–C–N with tert-alkyl or cyclic N) is 1. The summed E-state index contributed by atoms with van der Waals surface area (Å²) in [4.78, 5) is 16.1. The van der Waals surface area contributed by atoms with E-state index >= 15 is 0 Å². The van der Waals surface area contributed by atoms with Crippen LogP contribution in [0.25, 0.3) is 0 Å². The second-order valence-electron chi connectivity index (χ2n) is 4.20. The molecule has 0 bridgehead atoms. The number of aromatic nitrogens is 1. The van der Waals surface area contributed by atoms with Gasteiger partial charge in [0, 0.05) is 30.9 Å². The van der Waals surface area contributed by atoms with Crippen molar-refractivity contribution in [2.24, 2.45) is 10.9 Å². The summed E-state index contributed by atoms with van der Waals surface area (Å²) in [7, 11) is 0. The number of amidine groups is 1. The van der Waals surface area contributed by atoms with Gasteiger partial charge in [0.25, 0.3) is 0 Å². The zero-order valence-corrected chi connectivity index (χ0v) is 9.93. The van der Waals surface area contributed by atoms with Crippen LogP contribution in [0.5, 0.6) is 0 Å². The van der Waals surface area contributed by atoms with Crippen LogP contribution in [-0.2, 0) is 0 Å². The lowest BCUT2D eigenvalue weighted by molar-refractivity contribution is -0.384. The monoisotopic (exact) mass is 267 g/mol. The fourth-order valence-electron chi connectivity index (χ4n) is 1.96. The minimum atomic E-state index is -0.582. The highest BCUT2D eigenvalue weighted by Gasteiger charge is 2.28. The van der Waals surface area contributed by atoms with E-state index in [1.165, 1.54) is 12.3 Å². The van der Waals surface area contributed by atoms with Crippen LogP contribution in [0.15, 0.2) is 17.4 Å². The van der Waals surface area contributed by atoms with E-state index in [9.17, 15) is 15.2 Å². The largest absolute Gasteiger partial charge is 0.409 e. The van der Waals surface area contributed by atoms with Crippen molar-refractivity contribution in [3.05, 3.63) is 27.9 Å². The number of aliphatic hydroxyl groups is 1.